The first-order valence-electron chi connectivity index (χ1n) is 7.88. The first-order chi connectivity index (χ1) is 8.79. The summed E-state index contributed by atoms with van der Waals surface area (Å²) in [6, 6.07) is 0. The summed E-state index contributed by atoms with van der Waals surface area (Å²) >= 11 is 2.14. The topological polar surface area (TPSA) is 29.3 Å². The number of hydrogen-bond donors (Lipinski definition) is 1. The van der Waals surface area contributed by atoms with Gasteiger partial charge in [0.1, 0.15) is 0 Å². The van der Waals surface area contributed by atoms with Crippen molar-refractivity contribution in [1.29, 1.82) is 0 Å². The molecule has 0 aromatic rings. The summed E-state index contributed by atoms with van der Waals surface area (Å²) in [4.78, 5) is 2.74. The van der Waals surface area contributed by atoms with Gasteiger partial charge in [-0.2, -0.15) is 11.8 Å². The van der Waals surface area contributed by atoms with E-state index in [0.29, 0.717) is 15.7 Å². The van der Waals surface area contributed by atoms with Crippen molar-refractivity contribution in [1.82, 2.24) is 4.90 Å². The smallest absolute Gasteiger partial charge is 0.0332 e. The van der Waals surface area contributed by atoms with Crippen molar-refractivity contribution in [2.45, 2.75) is 70.1 Å². The zero-order valence-corrected chi connectivity index (χ0v) is 14.1. The molecule has 2 N–H and O–H groups in total. The van der Waals surface area contributed by atoms with Crippen LogP contribution in [0.2, 0.25) is 0 Å². The Balaban J connectivity index is 2.05. The molecule has 3 heteroatoms. The maximum Gasteiger partial charge on any atom is 0.0332 e. The van der Waals surface area contributed by atoms with Crippen molar-refractivity contribution in [2.24, 2.45) is 11.1 Å². The van der Waals surface area contributed by atoms with Crippen LogP contribution in [0.4, 0.5) is 0 Å². The molecule has 2 rings (SSSR count). The van der Waals surface area contributed by atoms with Crippen LogP contribution in [0, 0.1) is 5.41 Å². The SMILES string of the molecule is CC1(C)CCC(CN)(N2CCSC(C)(C)CC2)CC1. The fourth-order valence-corrected chi connectivity index (χ4v) is 4.64. The lowest BCUT2D eigenvalue weighted by Crippen LogP contribution is -2.57. The maximum atomic E-state index is 6.23. The monoisotopic (exact) mass is 284 g/mol. The van der Waals surface area contributed by atoms with Crippen LogP contribution >= 0.6 is 11.8 Å². The van der Waals surface area contributed by atoms with Crippen LogP contribution in [0.3, 0.4) is 0 Å². The molecule has 1 aliphatic carbocycles. The number of nitrogens with zero attached hydrogens (tertiary/aromatic N) is 1. The van der Waals surface area contributed by atoms with Crippen LogP contribution in [0.5, 0.6) is 0 Å². The molecule has 1 heterocycles. The minimum absolute atomic E-state index is 0.302. The van der Waals surface area contributed by atoms with E-state index in [9.17, 15) is 0 Å². The van der Waals surface area contributed by atoms with E-state index in [-0.39, 0.29) is 0 Å². The van der Waals surface area contributed by atoms with Gasteiger partial charge < -0.3 is 5.73 Å². The maximum absolute atomic E-state index is 6.23. The van der Waals surface area contributed by atoms with Crippen LogP contribution in [0.15, 0.2) is 0 Å². The van der Waals surface area contributed by atoms with E-state index in [1.54, 1.807) is 0 Å². The van der Waals surface area contributed by atoms with E-state index in [4.69, 9.17) is 5.73 Å². The molecule has 1 aliphatic heterocycles. The van der Waals surface area contributed by atoms with Gasteiger partial charge >= 0.3 is 0 Å². The van der Waals surface area contributed by atoms with Gasteiger partial charge in [-0.25, -0.2) is 0 Å². The molecule has 0 spiro atoms. The van der Waals surface area contributed by atoms with Gasteiger partial charge in [0, 0.05) is 35.7 Å². The molecule has 0 amide bonds. The Morgan fingerprint density at radius 3 is 2.16 bits per heavy atom. The summed E-state index contributed by atoms with van der Waals surface area (Å²) in [5, 5.41) is 0. The minimum Gasteiger partial charge on any atom is -0.329 e. The third-order valence-corrected chi connectivity index (χ3v) is 6.80. The fourth-order valence-electron chi connectivity index (χ4n) is 3.54. The van der Waals surface area contributed by atoms with Gasteiger partial charge in [-0.1, -0.05) is 27.7 Å². The van der Waals surface area contributed by atoms with Gasteiger partial charge in [0.15, 0.2) is 0 Å². The molecular formula is C16H32N2S. The third-order valence-electron chi connectivity index (χ3n) is 5.42. The average molecular weight is 285 g/mol. The quantitative estimate of drug-likeness (QED) is 0.841. The molecule has 0 bridgehead atoms. The van der Waals surface area contributed by atoms with E-state index in [2.05, 4.69) is 44.4 Å². The van der Waals surface area contributed by atoms with Crippen LogP contribution in [0.1, 0.15) is 59.8 Å². The Bertz CT molecular complexity index is 302. The lowest BCUT2D eigenvalue weighted by Gasteiger charge is -2.49. The molecule has 2 nitrogen and oxygen atoms in total. The summed E-state index contributed by atoms with van der Waals surface area (Å²) in [6.45, 7) is 12.9. The van der Waals surface area contributed by atoms with Crippen LogP contribution in [-0.4, -0.2) is 40.6 Å². The van der Waals surface area contributed by atoms with Crippen LogP contribution in [-0.2, 0) is 0 Å². The van der Waals surface area contributed by atoms with Gasteiger partial charge in [-0.05, 0) is 37.5 Å². The van der Waals surface area contributed by atoms with Crippen molar-refractivity contribution in [3.8, 4) is 0 Å². The van der Waals surface area contributed by atoms with E-state index >= 15 is 0 Å². The van der Waals surface area contributed by atoms with Crippen molar-refractivity contribution >= 4 is 11.8 Å². The molecule has 0 aromatic carbocycles. The lowest BCUT2D eigenvalue weighted by molar-refractivity contribution is 0.0266. The molecule has 0 radical (unpaired) electrons. The van der Waals surface area contributed by atoms with Gasteiger partial charge in [-0.3, -0.25) is 4.90 Å². The van der Waals surface area contributed by atoms with Crippen LogP contribution in [0.25, 0.3) is 0 Å². The summed E-state index contributed by atoms with van der Waals surface area (Å²) < 4.78 is 0.443. The molecule has 2 aliphatic rings. The standard InChI is InChI=1S/C16H32N2S/c1-14(2)5-7-16(13-17,8-6-14)18-10-9-15(3,4)19-12-11-18/h5-13,17H2,1-4H3. The predicted octanol–water partition coefficient (Wildman–Crippen LogP) is 3.50. The summed E-state index contributed by atoms with van der Waals surface area (Å²) in [6.07, 6.45) is 6.54. The van der Waals surface area contributed by atoms with Crippen LogP contribution < -0.4 is 5.73 Å². The zero-order valence-electron chi connectivity index (χ0n) is 13.3. The average Bonchev–Trinajstić information content (AvgIpc) is 2.52. The zero-order chi connectivity index (χ0) is 14.1. The van der Waals surface area contributed by atoms with Gasteiger partial charge in [-0.15, -0.1) is 0 Å². The summed E-state index contributed by atoms with van der Waals surface area (Å²) in [5.41, 5.74) is 7.06. The third kappa shape index (κ3) is 3.68. The fraction of sp³-hybridized carbons (Fsp3) is 1.00. The first kappa shape index (κ1) is 15.7. The lowest BCUT2D eigenvalue weighted by atomic mass is 9.68. The van der Waals surface area contributed by atoms with Gasteiger partial charge in [0.05, 0.1) is 0 Å². The van der Waals surface area contributed by atoms with E-state index in [0.717, 1.165) is 6.54 Å². The van der Waals surface area contributed by atoms with E-state index < -0.39 is 0 Å². The van der Waals surface area contributed by atoms with Gasteiger partial charge in [0.2, 0.25) is 0 Å². The second kappa shape index (κ2) is 5.57. The Kier molecular flexibility index (Phi) is 4.59. The molecule has 0 unspecified atom stereocenters. The molecule has 19 heavy (non-hydrogen) atoms. The molecule has 1 saturated carbocycles. The molecule has 2 fully saturated rings. The highest BCUT2D eigenvalue weighted by atomic mass is 32.2. The Labute approximate surface area is 123 Å². The number of rotatable bonds is 2. The summed E-state index contributed by atoms with van der Waals surface area (Å²) in [7, 11) is 0. The Morgan fingerprint density at radius 2 is 1.58 bits per heavy atom. The molecule has 0 aromatic heterocycles. The van der Waals surface area contributed by atoms with Crippen molar-refractivity contribution in [2.75, 3.05) is 25.4 Å². The van der Waals surface area contributed by atoms with Crippen molar-refractivity contribution in [3.05, 3.63) is 0 Å². The Morgan fingerprint density at radius 1 is 0.947 bits per heavy atom. The molecule has 0 atom stereocenters. The Hall–Kier alpha value is 0.270. The number of thioether (sulfide) groups is 1. The summed E-state index contributed by atoms with van der Waals surface area (Å²) in [5.74, 6) is 1.26. The highest BCUT2D eigenvalue weighted by Crippen LogP contribution is 2.44. The second-order valence-corrected chi connectivity index (χ2v) is 9.74. The molecule has 1 saturated heterocycles. The first-order valence-corrected chi connectivity index (χ1v) is 8.86. The largest absolute Gasteiger partial charge is 0.329 e. The highest BCUT2D eigenvalue weighted by molar-refractivity contribution is 8.00. The van der Waals surface area contributed by atoms with Crippen molar-refractivity contribution in [3.63, 3.8) is 0 Å². The van der Waals surface area contributed by atoms with Crippen molar-refractivity contribution < 1.29 is 0 Å². The molecule has 112 valence electrons. The molecular weight excluding hydrogens is 252 g/mol. The highest BCUT2D eigenvalue weighted by Gasteiger charge is 2.42. The van der Waals surface area contributed by atoms with Gasteiger partial charge in [0.25, 0.3) is 0 Å². The normalized spacial score (nSPS) is 30.8. The number of hydrogen-bond acceptors (Lipinski definition) is 3. The number of nitrogens with two attached hydrogens (primary N) is 1. The van der Waals surface area contributed by atoms with E-state index in [1.807, 2.05) is 0 Å². The predicted molar refractivity (Wildman–Crippen MR) is 86.8 cm³/mol. The second-order valence-electron chi connectivity index (χ2n) is 7.94. The minimum atomic E-state index is 0.302. The van der Waals surface area contributed by atoms with E-state index in [1.165, 1.54) is 50.9 Å².